The maximum Gasteiger partial charge on any atom is 0.129 e. The molecule has 0 aromatic heterocycles. The molecule has 0 aliphatic carbocycles. The van der Waals surface area contributed by atoms with Crippen molar-refractivity contribution in [3.8, 4) is 11.5 Å². The second-order valence-corrected chi connectivity index (χ2v) is 5.84. The van der Waals surface area contributed by atoms with E-state index in [1.807, 2.05) is 18.2 Å². The first-order valence-electron chi connectivity index (χ1n) is 7.43. The van der Waals surface area contributed by atoms with E-state index in [4.69, 9.17) is 9.47 Å². The Morgan fingerprint density at radius 3 is 2.80 bits per heavy atom. The molecule has 1 spiro atoms. The second-order valence-electron chi connectivity index (χ2n) is 5.84. The molecule has 3 rings (SSSR count). The number of fused-ring (bicyclic) bond motifs is 1. The molecule has 110 valence electrons. The van der Waals surface area contributed by atoms with Gasteiger partial charge in [0.05, 0.1) is 13.2 Å². The average molecular weight is 277 g/mol. The van der Waals surface area contributed by atoms with Crippen molar-refractivity contribution in [2.24, 2.45) is 0 Å². The van der Waals surface area contributed by atoms with Crippen molar-refractivity contribution < 1.29 is 14.6 Å². The van der Waals surface area contributed by atoms with Crippen LogP contribution in [0.3, 0.4) is 0 Å². The highest BCUT2D eigenvalue weighted by molar-refractivity contribution is 5.44. The van der Waals surface area contributed by atoms with Crippen LogP contribution in [0.25, 0.3) is 0 Å². The van der Waals surface area contributed by atoms with Gasteiger partial charge in [-0.25, -0.2) is 0 Å². The molecule has 20 heavy (non-hydrogen) atoms. The number of piperidine rings is 1. The summed E-state index contributed by atoms with van der Waals surface area (Å²) in [5.41, 5.74) is 0.680. The first kappa shape index (κ1) is 13.7. The minimum Gasteiger partial charge on any atom is -0.497 e. The predicted octanol–water partition coefficient (Wildman–Crippen LogP) is 2.37. The van der Waals surface area contributed by atoms with Gasteiger partial charge in [0.1, 0.15) is 17.1 Å². The van der Waals surface area contributed by atoms with E-state index in [1.165, 1.54) is 0 Å². The number of methoxy groups -OCH3 is 1. The SMILES string of the molecule is CCN1CCC2(CC1)C[C@@H](O)c1ccc(OC)cc1O2. The molecule has 0 bridgehead atoms. The summed E-state index contributed by atoms with van der Waals surface area (Å²) in [5, 5.41) is 10.4. The van der Waals surface area contributed by atoms with Crippen LogP contribution in [0.4, 0.5) is 0 Å². The van der Waals surface area contributed by atoms with Crippen LogP contribution in [0.1, 0.15) is 37.9 Å². The van der Waals surface area contributed by atoms with E-state index in [-0.39, 0.29) is 5.60 Å². The third-order valence-electron chi connectivity index (χ3n) is 4.69. The highest BCUT2D eigenvalue weighted by Crippen LogP contribution is 2.45. The lowest BCUT2D eigenvalue weighted by atomic mass is 9.81. The quantitative estimate of drug-likeness (QED) is 0.901. The molecule has 2 aliphatic rings. The molecule has 1 fully saturated rings. The summed E-state index contributed by atoms with van der Waals surface area (Å²) in [4.78, 5) is 2.43. The lowest BCUT2D eigenvalue weighted by molar-refractivity contribution is -0.0532. The Labute approximate surface area is 120 Å². The third-order valence-corrected chi connectivity index (χ3v) is 4.69. The largest absolute Gasteiger partial charge is 0.497 e. The third kappa shape index (κ3) is 2.38. The minimum atomic E-state index is -0.433. The molecule has 2 heterocycles. The predicted molar refractivity (Wildman–Crippen MR) is 77.3 cm³/mol. The zero-order valence-electron chi connectivity index (χ0n) is 12.3. The molecule has 1 aromatic carbocycles. The van der Waals surface area contributed by atoms with Crippen LogP contribution in [-0.4, -0.2) is 42.4 Å². The van der Waals surface area contributed by atoms with E-state index in [0.29, 0.717) is 6.42 Å². The normalized spacial score (nSPS) is 25.1. The Hall–Kier alpha value is -1.26. The topological polar surface area (TPSA) is 41.9 Å². The lowest BCUT2D eigenvalue weighted by Gasteiger charge is -2.45. The maximum atomic E-state index is 10.4. The number of ether oxygens (including phenoxy) is 2. The fourth-order valence-corrected chi connectivity index (χ4v) is 3.33. The molecule has 4 nitrogen and oxygen atoms in total. The van der Waals surface area contributed by atoms with Crippen molar-refractivity contribution in [2.75, 3.05) is 26.7 Å². The van der Waals surface area contributed by atoms with Crippen molar-refractivity contribution in [3.63, 3.8) is 0 Å². The Morgan fingerprint density at radius 2 is 2.15 bits per heavy atom. The monoisotopic (exact) mass is 277 g/mol. The Bertz CT molecular complexity index is 481. The standard InChI is InChI=1S/C16H23NO3/c1-3-17-8-6-16(7-9-17)11-14(18)13-5-4-12(19-2)10-15(13)20-16/h4-5,10,14,18H,3,6-9,11H2,1-2H3/t14-/m1/s1. The van der Waals surface area contributed by atoms with Gasteiger partial charge < -0.3 is 19.5 Å². The van der Waals surface area contributed by atoms with Crippen LogP contribution >= 0.6 is 0 Å². The first-order valence-corrected chi connectivity index (χ1v) is 7.43. The van der Waals surface area contributed by atoms with Crippen LogP contribution in [-0.2, 0) is 0 Å². The van der Waals surface area contributed by atoms with Gasteiger partial charge in [-0.15, -0.1) is 0 Å². The zero-order chi connectivity index (χ0) is 14.2. The minimum absolute atomic E-state index is 0.204. The van der Waals surface area contributed by atoms with Crippen LogP contribution in [0, 0.1) is 0 Å². The van der Waals surface area contributed by atoms with E-state index in [2.05, 4.69) is 11.8 Å². The maximum absolute atomic E-state index is 10.4. The summed E-state index contributed by atoms with van der Waals surface area (Å²) in [5.74, 6) is 1.56. The van der Waals surface area contributed by atoms with Gasteiger partial charge in [-0.05, 0) is 31.5 Å². The number of hydrogen-bond donors (Lipinski definition) is 1. The molecule has 1 atom stereocenters. The van der Waals surface area contributed by atoms with Gasteiger partial charge in [0, 0.05) is 31.1 Å². The van der Waals surface area contributed by atoms with Gasteiger partial charge in [-0.3, -0.25) is 0 Å². The number of likely N-dealkylation sites (tertiary alicyclic amines) is 1. The Balaban J connectivity index is 1.84. The number of nitrogens with zero attached hydrogens (tertiary/aromatic N) is 1. The molecule has 1 saturated heterocycles. The van der Waals surface area contributed by atoms with Crippen molar-refractivity contribution in [1.82, 2.24) is 4.90 Å². The average Bonchev–Trinajstić information content (AvgIpc) is 2.47. The summed E-state index contributed by atoms with van der Waals surface area (Å²) < 4.78 is 11.6. The highest BCUT2D eigenvalue weighted by Gasteiger charge is 2.42. The van der Waals surface area contributed by atoms with Gasteiger partial charge in [-0.2, -0.15) is 0 Å². The van der Waals surface area contributed by atoms with Gasteiger partial charge >= 0.3 is 0 Å². The van der Waals surface area contributed by atoms with E-state index in [0.717, 1.165) is 49.5 Å². The van der Waals surface area contributed by atoms with Gasteiger partial charge in [0.15, 0.2) is 0 Å². The Morgan fingerprint density at radius 1 is 1.40 bits per heavy atom. The molecule has 0 radical (unpaired) electrons. The van der Waals surface area contributed by atoms with Gasteiger partial charge in [0.2, 0.25) is 0 Å². The molecule has 1 aromatic rings. The summed E-state index contributed by atoms with van der Waals surface area (Å²) in [6, 6.07) is 5.68. The van der Waals surface area contributed by atoms with E-state index in [9.17, 15) is 5.11 Å². The zero-order valence-corrected chi connectivity index (χ0v) is 12.3. The molecule has 0 amide bonds. The second kappa shape index (κ2) is 5.26. The molecule has 0 saturated carbocycles. The number of aliphatic hydroxyl groups is 1. The van der Waals surface area contributed by atoms with Crippen molar-refractivity contribution in [2.45, 2.75) is 37.9 Å². The van der Waals surface area contributed by atoms with Crippen molar-refractivity contribution in [3.05, 3.63) is 23.8 Å². The fourth-order valence-electron chi connectivity index (χ4n) is 3.33. The molecule has 1 N–H and O–H groups in total. The molecular weight excluding hydrogens is 254 g/mol. The summed E-state index contributed by atoms with van der Waals surface area (Å²) in [7, 11) is 1.65. The first-order chi connectivity index (χ1) is 9.65. The molecule has 4 heteroatoms. The number of hydrogen-bond acceptors (Lipinski definition) is 4. The lowest BCUT2D eigenvalue weighted by Crippen LogP contribution is -2.50. The summed E-state index contributed by atoms with van der Waals surface area (Å²) >= 11 is 0. The van der Waals surface area contributed by atoms with Crippen LogP contribution < -0.4 is 9.47 Å². The van der Waals surface area contributed by atoms with Gasteiger partial charge in [-0.1, -0.05) is 6.92 Å². The van der Waals surface area contributed by atoms with E-state index in [1.54, 1.807) is 7.11 Å². The van der Waals surface area contributed by atoms with Crippen LogP contribution in [0.15, 0.2) is 18.2 Å². The fraction of sp³-hybridized carbons (Fsp3) is 0.625. The molecular formula is C16H23NO3. The highest BCUT2D eigenvalue weighted by atomic mass is 16.5. The van der Waals surface area contributed by atoms with Crippen molar-refractivity contribution >= 4 is 0 Å². The summed E-state index contributed by atoms with van der Waals surface area (Å²) in [6.07, 6.45) is 2.23. The smallest absolute Gasteiger partial charge is 0.129 e. The number of aliphatic hydroxyl groups excluding tert-OH is 1. The Kier molecular flexibility index (Phi) is 3.61. The molecule has 0 unspecified atom stereocenters. The van der Waals surface area contributed by atoms with Gasteiger partial charge in [0.25, 0.3) is 0 Å². The molecule has 2 aliphatic heterocycles. The van der Waals surface area contributed by atoms with Crippen LogP contribution in [0.2, 0.25) is 0 Å². The number of rotatable bonds is 2. The summed E-state index contributed by atoms with van der Waals surface area (Å²) in [6.45, 7) is 5.36. The van der Waals surface area contributed by atoms with E-state index < -0.39 is 6.10 Å². The van der Waals surface area contributed by atoms with E-state index >= 15 is 0 Å². The number of benzene rings is 1. The van der Waals surface area contributed by atoms with Crippen LogP contribution in [0.5, 0.6) is 11.5 Å². The van der Waals surface area contributed by atoms with Crippen molar-refractivity contribution in [1.29, 1.82) is 0 Å².